The summed E-state index contributed by atoms with van der Waals surface area (Å²) in [5, 5.41) is 11.0. The molecule has 1 aliphatic heterocycles. The maximum atomic E-state index is 10.2. The summed E-state index contributed by atoms with van der Waals surface area (Å²) in [4.78, 5) is 0. The highest BCUT2D eigenvalue weighted by Crippen LogP contribution is 2.47. The Bertz CT molecular complexity index is 406. The molecule has 1 aromatic carbocycles. The largest absolute Gasteiger partial charge is 0.387 e. The van der Waals surface area contributed by atoms with Gasteiger partial charge in [-0.15, -0.1) is 11.8 Å². The number of benzene rings is 1. The predicted octanol–water partition coefficient (Wildman–Crippen LogP) is 4.16. The highest BCUT2D eigenvalue weighted by molar-refractivity contribution is 9.10. The van der Waals surface area contributed by atoms with E-state index in [2.05, 4.69) is 29.8 Å². The first-order chi connectivity index (χ1) is 6.92. The monoisotopic (exact) mass is 306 g/mol. The Hall–Kier alpha value is 0.300. The topological polar surface area (TPSA) is 20.2 Å². The van der Waals surface area contributed by atoms with Crippen LogP contribution in [0.5, 0.6) is 0 Å². The molecular formula is C11H12BrClOS. The van der Waals surface area contributed by atoms with Gasteiger partial charge >= 0.3 is 0 Å². The molecule has 0 fully saturated rings. The lowest BCUT2D eigenvalue weighted by atomic mass is 9.94. The number of rotatable bonds is 0. The molecule has 82 valence electrons. The molecule has 0 saturated heterocycles. The fourth-order valence-corrected chi connectivity index (χ4v) is 3.83. The first kappa shape index (κ1) is 11.8. The van der Waals surface area contributed by atoms with Crippen molar-refractivity contribution >= 4 is 39.3 Å². The number of aliphatic hydroxyl groups excluding tert-OH is 1. The van der Waals surface area contributed by atoms with Gasteiger partial charge in [-0.25, -0.2) is 0 Å². The molecule has 1 nitrogen and oxygen atoms in total. The van der Waals surface area contributed by atoms with E-state index in [1.165, 1.54) is 0 Å². The lowest BCUT2D eigenvalue weighted by molar-refractivity contribution is 0.141. The average molecular weight is 308 g/mol. The van der Waals surface area contributed by atoms with Gasteiger partial charge in [0.25, 0.3) is 0 Å². The molecule has 4 heteroatoms. The van der Waals surface area contributed by atoms with Crippen molar-refractivity contribution in [3.05, 3.63) is 32.8 Å². The SMILES string of the molecule is CC1(C)SCc2c(Cl)cc(Br)cc2C1O. The van der Waals surface area contributed by atoms with Crippen LogP contribution in [0, 0.1) is 0 Å². The molecule has 1 unspecified atom stereocenters. The van der Waals surface area contributed by atoms with Gasteiger partial charge in [0.15, 0.2) is 0 Å². The van der Waals surface area contributed by atoms with Gasteiger partial charge in [0, 0.05) is 20.0 Å². The van der Waals surface area contributed by atoms with Gasteiger partial charge < -0.3 is 5.11 Å². The van der Waals surface area contributed by atoms with Gasteiger partial charge in [0.05, 0.1) is 6.10 Å². The predicted molar refractivity (Wildman–Crippen MR) is 69.5 cm³/mol. The summed E-state index contributed by atoms with van der Waals surface area (Å²) in [6.07, 6.45) is -0.457. The van der Waals surface area contributed by atoms with Gasteiger partial charge in [-0.05, 0) is 37.1 Å². The molecule has 1 N–H and O–H groups in total. The molecule has 1 aromatic rings. The van der Waals surface area contributed by atoms with Crippen LogP contribution < -0.4 is 0 Å². The van der Waals surface area contributed by atoms with Crippen LogP contribution in [0.4, 0.5) is 0 Å². The van der Waals surface area contributed by atoms with E-state index in [0.717, 1.165) is 26.4 Å². The summed E-state index contributed by atoms with van der Waals surface area (Å²) < 4.78 is 0.782. The summed E-state index contributed by atoms with van der Waals surface area (Å²) in [5.74, 6) is 0.867. The van der Waals surface area contributed by atoms with Gasteiger partial charge in [-0.3, -0.25) is 0 Å². The van der Waals surface area contributed by atoms with E-state index < -0.39 is 6.10 Å². The third-order valence-electron chi connectivity index (χ3n) is 2.74. The molecule has 1 heterocycles. The van der Waals surface area contributed by atoms with Gasteiger partial charge in [-0.1, -0.05) is 27.5 Å². The number of aliphatic hydroxyl groups is 1. The molecular weight excluding hydrogens is 296 g/mol. The Kier molecular flexibility index (Phi) is 3.10. The van der Waals surface area contributed by atoms with Gasteiger partial charge in [0.1, 0.15) is 0 Å². The summed E-state index contributed by atoms with van der Waals surface area (Å²) in [7, 11) is 0. The van der Waals surface area contributed by atoms with Crippen molar-refractivity contribution in [2.24, 2.45) is 0 Å². The van der Waals surface area contributed by atoms with Crippen LogP contribution in [-0.4, -0.2) is 9.85 Å². The Morgan fingerprint density at radius 3 is 2.87 bits per heavy atom. The smallest absolute Gasteiger partial charge is 0.0935 e. The van der Waals surface area contributed by atoms with E-state index in [-0.39, 0.29) is 4.75 Å². The zero-order valence-corrected chi connectivity index (χ0v) is 11.7. The third kappa shape index (κ3) is 2.07. The van der Waals surface area contributed by atoms with E-state index >= 15 is 0 Å². The van der Waals surface area contributed by atoms with Crippen molar-refractivity contribution in [1.29, 1.82) is 0 Å². The molecule has 0 aliphatic carbocycles. The number of hydrogen-bond donors (Lipinski definition) is 1. The minimum absolute atomic E-state index is 0.142. The van der Waals surface area contributed by atoms with E-state index in [1.54, 1.807) is 11.8 Å². The van der Waals surface area contributed by atoms with E-state index in [4.69, 9.17) is 11.6 Å². The number of halogens is 2. The third-order valence-corrected chi connectivity index (χ3v) is 4.93. The molecule has 0 spiro atoms. The van der Waals surface area contributed by atoms with Crippen molar-refractivity contribution in [2.75, 3.05) is 0 Å². The van der Waals surface area contributed by atoms with Gasteiger partial charge in [-0.2, -0.15) is 0 Å². The fourth-order valence-electron chi connectivity index (χ4n) is 1.73. The zero-order chi connectivity index (χ0) is 11.2. The molecule has 0 amide bonds. The quantitative estimate of drug-likeness (QED) is 0.776. The number of fused-ring (bicyclic) bond motifs is 1. The van der Waals surface area contributed by atoms with Crippen molar-refractivity contribution < 1.29 is 5.11 Å². The summed E-state index contributed by atoms with van der Waals surface area (Å²) in [6, 6.07) is 3.85. The lowest BCUT2D eigenvalue weighted by Gasteiger charge is -2.36. The van der Waals surface area contributed by atoms with Crippen molar-refractivity contribution in [3.63, 3.8) is 0 Å². The van der Waals surface area contributed by atoms with Crippen molar-refractivity contribution in [3.8, 4) is 0 Å². The van der Waals surface area contributed by atoms with Gasteiger partial charge in [0.2, 0.25) is 0 Å². The van der Waals surface area contributed by atoms with Crippen LogP contribution in [0.1, 0.15) is 31.1 Å². The minimum Gasteiger partial charge on any atom is -0.387 e. The highest BCUT2D eigenvalue weighted by atomic mass is 79.9. The van der Waals surface area contributed by atoms with Crippen LogP contribution in [-0.2, 0) is 5.75 Å². The molecule has 1 atom stereocenters. The van der Waals surface area contributed by atoms with Crippen LogP contribution in [0.15, 0.2) is 16.6 Å². The first-order valence-corrected chi connectivity index (χ1v) is 6.87. The molecule has 2 rings (SSSR count). The molecule has 1 aliphatic rings. The number of thioether (sulfide) groups is 1. The normalized spacial score (nSPS) is 23.7. The second-order valence-electron chi connectivity index (χ2n) is 4.25. The molecule has 0 aromatic heterocycles. The molecule has 15 heavy (non-hydrogen) atoms. The van der Waals surface area contributed by atoms with Crippen LogP contribution in [0.2, 0.25) is 5.02 Å². The molecule has 0 saturated carbocycles. The maximum Gasteiger partial charge on any atom is 0.0935 e. The second-order valence-corrected chi connectivity index (χ2v) is 7.20. The van der Waals surface area contributed by atoms with E-state index in [0.29, 0.717) is 0 Å². The standard InChI is InChI=1S/C11H12BrClOS/c1-11(2)10(14)7-3-6(12)4-9(13)8(7)5-15-11/h3-4,10,14H,5H2,1-2H3. The summed E-state index contributed by atoms with van der Waals surface area (Å²) in [6.45, 7) is 4.11. The zero-order valence-electron chi connectivity index (χ0n) is 8.55. The minimum atomic E-state index is -0.457. The average Bonchev–Trinajstić information content (AvgIpc) is 2.12. The second kappa shape index (κ2) is 3.95. The van der Waals surface area contributed by atoms with Crippen molar-refractivity contribution in [1.82, 2.24) is 0 Å². The molecule has 0 bridgehead atoms. The summed E-state index contributed by atoms with van der Waals surface area (Å²) >= 11 is 11.3. The molecule has 0 radical (unpaired) electrons. The summed E-state index contributed by atoms with van der Waals surface area (Å²) in [5.41, 5.74) is 2.02. The number of hydrogen-bond acceptors (Lipinski definition) is 2. The Balaban J connectivity index is 2.56. The van der Waals surface area contributed by atoms with Crippen LogP contribution in [0.3, 0.4) is 0 Å². The Morgan fingerprint density at radius 2 is 2.20 bits per heavy atom. The maximum absolute atomic E-state index is 10.2. The Morgan fingerprint density at radius 1 is 1.53 bits per heavy atom. The van der Waals surface area contributed by atoms with E-state index in [9.17, 15) is 5.11 Å². The highest BCUT2D eigenvalue weighted by Gasteiger charge is 2.36. The van der Waals surface area contributed by atoms with Crippen LogP contribution >= 0.6 is 39.3 Å². The van der Waals surface area contributed by atoms with E-state index in [1.807, 2.05) is 12.1 Å². The first-order valence-electron chi connectivity index (χ1n) is 4.71. The Labute approximate surface area is 107 Å². The lowest BCUT2D eigenvalue weighted by Crippen LogP contribution is -2.30. The fraction of sp³-hybridized carbons (Fsp3) is 0.455. The van der Waals surface area contributed by atoms with Crippen LogP contribution in [0.25, 0.3) is 0 Å². The van der Waals surface area contributed by atoms with Crippen molar-refractivity contribution in [2.45, 2.75) is 30.5 Å².